The molecule has 0 saturated carbocycles. The fourth-order valence-corrected chi connectivity index (χ4v) is 4.50. The van der Waals surface area contributed by atoms with Crippen LogP contribution in [0, 0.1) is 0 Å². The summed E-state index contributed by atoms with van der Waals surface area (Å²) in [6.07, 6.45) is 0.861. The maximum atomic E-state index is 11.7. The maximum Gasteiger partial charge on any atom is 0.153 e. The van der Waals surface area contributed by atoms with Crippen LogP contribution in [0.5, 0.6) is 0 Å². The molecule has 0 amide bonds. The number of nitrogens with one attached hydrogen (secondary N) is 1. The van der Waals surface area contributed by atoms with E-state index in [1.807, 2.05) is 23.8 Å². The van der Waals surface area contributed by atoms with Crippen LogP contribution in [-0.4, -0.2) is 26.0 Å². The molecule has 2 rings (SSSR count). The lowest BCUT2D eigenvalue weighted by Gasteiger charge is -2.30. The Kier molecular flexibility index (Phi) is 3.13. The van der Waals surface area contributed by atoms with Crippen molar-refractivity contribution < 1.29 is 8.42 Å². The molecular formula is C10H15NO2S2. The molecule has 0 aliphatic carbocycles. The lowest BCUT2D eigenvalue weighted by atomic mass is 10.1. The number of hydrogen-bond acceptors (Lipinski definition) is 4. The van der Waals surface area contributed by atoms with Crippen molar-refractivity contribution in [3.05, 3.63) is 22.4 Å². The van der Waals surface area contributed by atoms with Crippen molar-refractivity contribution in [2.24, 2.45) is 0 Å². The monoisotopic (exact) mass is 245 g/mol. The van der Waals surface area contributed by atoms with Gasteiger partial charge in [-0.25, -0.2) is 8.42 Å². The van der Waals surface area contributed by atoms with E-state index in [1.54, 1.807) is 11.3 Å². The fourth-order valence-electron chi connectivity index (χ4n) is 1.91. The van der Waals surface area contributed by atoms with Gasteiger partial charge in [-0.05, 0) is 28.8 Å². The molecule has 1 saturated heterocycles. The van der Waals surface area contributed by atoms with E-state index in [4.69, 9.17) is 0 Å². The standard InChI is InChI=1S/C10H15NO2S2/c1-2-9-6-15(12,13)7-10(11-9)8-3-4-14-5-8/h3-5,9-11H,2,6-7H2,1H3. The van der Waals surface area contributed by atoms with Crippen LogP contribution < -0.4 is 5.32 Å². The Labute approximate surface area is 94.4 Å². The molecule has 1 fully saturated rings. The summed E-state index contributed by atoms with van der Waals surface area (Å²) in [5, 5.41) is 7.39. The van der Waals surface area contributed by atoms with E-state index in [2.05, 4.69) is 5.32 Å². The lowest BCUT2D eigenvalue weighted by molar-refractivity contribution is 0.441. The van der Waals surface area contributed by atoms with Gasteiger partial charge in [-0.3, -0.25) is 0 Å². The summed E-state index contributed by atoms with van der Waals surface area (Å²) in [7, 11) is -2.88. The third-order valence-electron chi connectivity index (χ3n) is 2.75. The zero-order chi connectivity index (χ0) is 10.9. The van der Waals surface area contributed by atoms with Crippen LogP contribution in [0.15, 0.2) is 16.8 Å². The zero-order valence-corrected chi connectivity index (χ0v) is 10.3. The second-order valence-electron chi connectivity index (χ2n) is 3.96. The van der Waals surface area contributed by atoms with Crippen LogP contribution in [0.3, 0.4) is 0 Å². The van der Waals surface area contributed by atoms with Crippen LogP contribution in [0.25, 0.3) is 0 Å². The summed E-state index contributed by atoms with van der Waals surface area (Å²) in [5.74, 6) is 0.518. The van der Waals surface area contributed by atoms with Gasteiger partial charge in [0, 0.05) is 12.1 Å². The van der Waals surface area contributed by atoms with Crippen molar-refractivity contribution in [1.82, 2.24) is 5.32 Å². The minimum Gasteiger partial charge on any atom is -0.305 e. The summed E-state index contributed by atoms with van der Waals surface area (Å²) in [6.45, 7) is 2.02. The van der Waals surface area contributed by atoms with Gasteiger partial charge in [-0.15, -0.1) is 0 Å². The zero-order valence-electron chi connectivity index (χ0n) is 8.64. The average Bonchev–Trinajstić information content (AvgIpc) is 2.68. The molecule has 84 valence electrons. The molecule has 5 heteroatoms. The first-order valence-electron chi connectivity index (χ1n) is 5.09. The highest BCUT2D eigenvalue weighted by atomic mass is 32.2. The first-order chi connectivity index (χ1) is 7.11. The predicted molar refractivity (Wildman–Crippen MR) is 62.9 cm³/mol. The molecule has 1 N–H and O–H groups in total. The van der Waals surface area contributed by atoms with E-state index in [-0.39, 0.29) is 23.6 Å². The Hall–Kier alpha value is -0.390. The summed E-state index contributed by atoms with van der Waals surface area (Å²) in [6, 6.07) is 2.09. The lowest BCUT2D eigenvalue weighted by Crippen LogP contribution is -2.46. The molecule has 0 aromatic carbocycles. The minimum absolute atomic E-state index is 0.0139. The largest absolute Gasteiger partial charge is 0.305 e. The number of rotatable bonds is 2. The summed E-state index contributed by atoms with van der Waals surface area (Å²) in [5.41, 5.74) is 1.10. The molecule has 1 aromatic heterocycles. The van der Waals surface area contributed by atoms with Crippen LogP contribution in [-0.2, 0) is 9.84 Å². The van der Waals surface area contributed by atoms with E-state index in [0.717, 1.165) is 12.0 Å². The molecule has 3 nitrogen and oxygen atoms in total. The number of hydrogen-bond donors (Lipinski definition) is 1. The van der Waals surface area contributed by atoms with Crippen molar-refractivity contribution in [3.63, 3.8) is 0 Å². The van der Waals surface area contributed by atoms with Crippen molar-refractivity contribution >= 4 is 21.2 Å². The van der Waals surface area contributed by atoms with Crippen LogP contribution in [0.2, 0.25) is 0 Å². The van der Waals surface area contributed by atoms with Gasteiger partial charge in [0.1, 0.15) is 0 Å². The molecule has 1 aromatic rings. The van der Waals surface area contributed by atoms with Gasteiger partial charge in [-0.2, -0.15) is 11.3 Å². The second kappa shape index (κ2) is 4.23. The topological polar surface area (TPSA) is 46.2 Å². The minimum atomic E-state index is -2.88. The van der Waals surface area contributed by atoms with Gasteiger partial charge in [0.15, 0.2) is 9.84 Å². The Bertz CT molecular complexity index is 411. The molecule has 2 unspecified atom stereocenters. The summed E-state index contributed by atoms with van der Waals surface area (Å²) in [4.78, 5) is 0. The number of sulfone groups is 1. The maximum absolute atomic E-state index is 11.7. The molecule has 15 heavy (non-hydrogen) atoms. The van der Waals surface area contributed by atoms with E-state index >= 15 is 0 Å². The van der Waals surface area contributed by atoms with Crippen LogP contribution in [0.4, 0.5) is 0 Å². The summed E-state index contributed by atoms with van der Waals surface area (Å²) >= 11 is 1.61. The van der Waals surface area contributed by atoms with Crippen molar-refractivity contribution in [2.45, 2.75) is 25.4 Å². The molecule has 2 heterocycles. The van der Waals surface area contributed by atoms with E-state index in [1.165, 1.54) is 0 Å². The molecular weight excluding hydrogens is 230 g/mol. The van der Waals surface area contributed by atoms with E-state index in [9.17, 15) is 8.42 Å². The third kappa shape index (κ3) is 2.59. The fraction of sp³-hybridized carbons (Fsp3) is 0.600. The highest BCUT2D eigenvalue weighted by Gasteiger charge is 2.31. The SMILES string of the molecule is CCC1CS(=O)(=O)CC(c2ccsc2)N1. The van der Waals surface area contributed by atoms with E-state index < -0.39 is 9.84 Å². The first-order valence-corrected chi connectivity index (χ1v) is 7.85. The van der Waals surface area contributed by atoms with Crippen molar-refractivity contribution in [1.29, 1.82) is 0 Å². The quantitative estimate of drug-likeness (QED) is 0.860. The van der Waals surface area contributed by atoms with Gasteiger partial charge >= 0.3 is 0 Å². The molecule has 0 bridgehead atoms. The van der Waals surface area contributed by atoms with Gasteiger partial charge in [0.25, 0.3) is 0 Å². The van der Waals surface area contributed by atoms with Crippen LogP contribution >= 0.6 is 11.3 Å². The Morgan fingerprint density at radius 3 is 2.93 bits per heavy atom. The van der Waals surface area contributed by atoms with Crippen LogP contribution in [0.1, 0.15) is 24.9 Å². The highest BCUT2D eigenvalue weighted by molar-refractivity contribution is 7.91. The van der Waals surface area contributed by atoms with Gasteiger partial charge in [-0.1, -0.05) is 6.92 Å². The van der Waals surface area contributed by atoms with Gasteiger partial charge in [0.2, 0.25) is 0 Å². The summed E-state index contributed by atoms with van der Waals surface area (Å²) < 4.78 is 23.4. The average molecular weight is 245 g/mol. The Balaban J connectivity index is 2.20. The first kappa shape index (κ1) is 11.1. The normalized spacial score (nSPS) is 30.2. The molecule has 2 atom stereocenters. The smallest absolute Gasteiger partial charge is 0.153 e. The third-order valence-corrected chi connectivity index (χ3v) is 5.20. The number of thiophene rings is 1. The molecule has 0 spiro atoms. The molecule has 1 aliphatic rings. The van der Waals surface area contributed by atoms with Crippen molar-refractivity contribution in [3.8, 4) is 0 Å². The Morgan fingerprint density at radius 2 is 2.33 bits per heavy atom. The second-order valence-corrected chi connectivity index (χ2v) is 6.89. The van der Waals surface area contributed by atoms with Crippen molar-refractivity contribution in [2.75, 3.05) is 11.5 Å². The highest BCUT2D eigenvalue weighted by Crippen LogP contribution is 2.23. The predicted octanol–water partition coefficient (Wildman–Crippen LogP) is 1.59. The van der Waals surface area contributed by atoms with Gasteiger partial charge < -0.3 is 5.32 Å². The Morgan fingerprint density at radius 1 is 1.53 bits per heavy atom. The molecule has 0 radical (unpaired) electrons. The van der Waals surface area contributed by atoms with E-state index in [0.29, 0.717) is 0 Å². The molecule has 1 aliphatic heterocycles. The van der Waals surface area contributed by atoms with Gasteiger partial charge in [0.05, 0.1) is 11.5 Å².